The van der Waals surface area contributed by atoms with Gasteiger partial charge < -0.3 is 15.4 Å². The Labute approximate surface area is 112 Å². The Kier molecular flexibility index (Phi) is 4.21. The molecule has 1 heterocycles. The number of para-hydroxylation sites is 1. The summed E-state index contributed by atoms with van der Waals surface area (Å²) in [5, 5.41) is 11.3. The van der Waals surface area contributed by atoms with Gasteiger partial charge in [0.05, 0.1) is 11.5 Å². The van der Waals surface area contributed by atoms with Crippen LogP contribution in [0.3, 0.4) is 0 Å². The van der Waals surface area contributed by atoms with Crippen molar-refractivity contribution in [3.63, 3.8) is 0 Å². The van der Waals surface area contributed by atoms with Gasteiger partial charge in [-0.2, -0.15) is 0 Å². The third-order valence-electron chi connectivity index (χ3n) is 3.34. The van der Waals surface area contributed by atoms with E-state index < -0.39 is 0 Å². The second-order valence-electron chi connectivity index (χ2n) is 4.64. The van der Waals surface area contributed by atoms with Crippen LogP contribution in [0.15, 0.2) is 18.2 Å². The van der Waals surface area contributed by atoms with E-state index in [9.17, 15) is 10.1 Å². The number of rotatable bonds is 4. The average Bonchev–Trinajstić information content (AvgIpc) is 2.39. The predicted octanol–water partition coefficient (Wildman–Crippen LogP) is 1.92. The summed E-state index contributed by atoms with van der Waals surface area (Å²) in [6.07, 6.45) is 1.71. The van der Waals surface area contributed by atoms with Crippen molar-refractivity contribution in [3.8, 4) is 5.75 Å². The molecule has 1 saturated heterocycles. The van der Waals surface area contributed by atoms with Crippen molar-refractivity contribution in [2.75, 3.05) is 24.6 Å². The molecule has 1 aliphatic rings. The summed E-state index contributed by atoms with van der Waals surface area (Å²) in [4.78, 5) is 13.0. The van der Waals surface area contributed by atoms with E-state index in [0.29, 0.717) is 18.0 Å². The molecule has 0 spiro atoms. The molecular formula is C13H19N3O3. The molecule has 0 unspecified atom stereocenters. The van der Waals surface area contributed by atoms with Crippen molar-refractivity contribution < 1.29 is 9.66 Å². The molecule has 0 radical (unpaired) electrons. The minimum absolute atomic E-state index is 0.0554. The summed E-state index contributed by atoms with van der Waals surface area (Å²) in [6, 6.07) is 5.41. The first-order chi connectivity index (χ1) is 9.13. The fourth-order valence-corrected chi connectivity index (χ4v) is 2.36. The molecule has 19 heavy (non-hydrogen) atoms. The molecule has 0 aliphatic carbocycles. The Morgan fingerprint density at radius 2 is 2.16 bits per heavy atom. The number of nitrogens with zero attached hydrogens (tertiary/aromatic N) is 2. The van der Waals surface area contributed by atoms with Crippen molar-refractivity contribution in [1.29, 1.82) is 0 Å². The zero-order valence-corrected chi connectivity index (χ0v) is 11.0. The number of hydrogen-bond acceptors (Lipinski definition) is 5. The van der Waals surface area contributed by atoms with Crippen LogP contribution < -0.4 is 15.4 Å². The van der Waals surface area contributed by atoms with Gasteiger partial charge in [0, 0.05) is 19.1 Å². The largest absolute Gasteiger partial charge is 0.487 e. The van der Waals surface area contributed by atoms with Gasteiger partial charge in [0.15, 0.2) is 5.75 Å². The van der Waals surface area contributed by atoms with Crippen LogP contribution in [0.5, 0.6) is 5.75 Å². The molecule has 0 atom stereocenters. The SMILES string of the molecule is CCOc1cccc(N2CCC(N)CC2)c1[N+](=O)[O-]. The smallest absolute Gasteiger partial charge is 0.333 e. The normalized spacial score (nSPS) is 16.4. The topological polar surface area (TPSA) is 81.6 Å². The zero-order chi connectivity index (χ0) is 13.8. The van der Waals surface area contributed by atoms with Gasteiger partial charge in [0.2, 0.25) is 0 Å². The van der Waals surface area contributed by atoms with Crippen LogP contribution in [-0.4, -0.2) is 30.7 Å². The standard InChI is InChI=1S/C13H19N3O3/c1-2-19-12-5-3-4-11(13(12)16(17)18)15-8-6-10(14)7-9-15/h3-5,10H,2,6-9,14H2,1H3. The molecule has 6 nitrogen and oxygen atoms in total. The summed E-state index contributed by atoms with van der Waals surface area (Å²) in [5.74, 6) is 0.333. The van der Waals surface area contributed by atoms with Crippen molar-refractivity contribution in [3.05, 3.63) is 28.3 Å². The second-order valence-corrected chi connectivity index (χ2v) is 4.64. The maximum Gasteiger partial charge on any atom is 0.333 e. The number of nitro benzene ring substituents is 1. The van der Waals surface area contributed by atoms with Gasteiger partial charge in [-0.1, -0.05) is 6.07 Å². The lowest BCUT2D eigenvalue weighted by molar-refractivity contribution is -0.385. The number of piperidine rings is 1. The zero-order valence-electron chi connectivity index (χ0n) is 11.0. The number of nitrogens with two attached hydrogens (primary N) is 1. The predicted molar refractivity (Wildman–Crippen MR) is 73.7 cm³/mol. The maximum atomic E-state index is 11.3. The van der Waals surface area contributed by atoms with Crippen molar-refractivity contribution >= 4 is 11.4 Å². The highest BCUT2D eigenvalue weighted by Gasteiger charge is 2.27. The summed E-state index contributed by atoms with van der Waals surface area (Å²) < 4.78 is 5.36. The highest BCUT2D eigenvalue weighted by atomic mass is 16.6. The fraction of sp³-hybridized carbons (Fsp3) is 0.538. The lowest BCUT2D eigenvalue weighted by Gasteiger charge is -2.31. The number of hydrogen-bond donors (Lipinski definition) is 1. The molecule has 0 saturated carbocycles. The Morgan fingerprint density at radius 3 is 2.74 bits per heavy atom. The first-order valence-corrected chi connectivity index (χ1v) is 6.54. The van der Waals surface area contributed by atoms with E-state index in [1.807, 2.05) is 11.8 Å². The monoisotopic (exact) mass is 265 g/mol. The molecule has 0 bridgehead atoms. The molecule has 1 fully saturated rings. The number of ether oxygens (including phenoxy) is 1. The van der Waals surface area contributed by atoms with Gasteiger partial charge in [-0.05, 0) is 31.9 Å². The Hall–Kier alpha value is -1.82. The minimum atomic E-state index is -0.366. The maximum absolute atomic E-state index is 11.3. The molecular weight excluding hydrogens is 246 g/mol. The lowest BCUT2D eigenvalue weighted by Crippen LogP contribution is -2.39. The number of anilines is 1. The van der Waals surface area contributed by atoms with Gasteiger partial charge in [-0.25, -0.2) is 0 Å². The van der Waals surface area contributed by atoms with Crippen LogP contribution in [0.2, 0.25) is 0 Å². The second kappa shape index (κ2) is 5.88. The van der Waals surface area contributed by atoms with Gasteiger partial charge in [0.1, 0.15) is 5.69 Å². The van der Waals surface area contributed by atoms with Gasteiger partial charge in [-0.15, -0.1) is 0 Å². The van der Waals surface area contributed by atoms with E-state index in [1.54, 1.807) is 18.2 Å². The summed E-state index contributed by atoms with van der Waals surface area (Å²) in [7, 11) is 0. The fourth-order valence-electron chi connectivity index (χ4n) is 2.36. The molecule has 2 N–H and O–H groups in total. The molecule has 0 aromatic heterocycles. The third-order valence-corrected chi connectivity index (χ3v) is 3.34. The van der Waals surface area contributed by atoms with Crippen molar-refractivity contribution in [2.24, 2.45) is 5.73 Å². The quantitative estimate of drug-likeness (QED) is 0.664. The molecule has 1 aromatic carbocycles. The van der Waals surface area contributed by atoms with Crippen molar-refractivity contribution in [1.82, 2.24) is 0 Å². The van der Waals surface area contributed by atoms with Crippen LogP contribution >= 0.6 is 0 Å². The molecule has 1 aliphatic heterocycles. The van der Waals surface area contributed by atoms with Crippen LogP contribution in [0.4, 0.5) is 11.4 Å². The van der Waals surface area contributed by atoms with E-state index in [1.165, 1.54) is 0 Å². The van der Waals surface area contributed by atoms with Crippen LogP contribution in [0, 0.1) is 10.1 Å². The van der Waals surface area contributed by atoms with E-state index in [2.05, 4.69) is 0 Å². The number of nitro groups is 1. The lowest BCUT2D eigenvalue weighted by atomic mass is 10.0. The van der Waals surface area contributed by atoms with Gasteiger partial charge in [0.25, 0.3) is 0 Å². The first kappa shape index (κ1) is 13.6. The van der Waals surface area contributed by atoms with E-state index in [0.717, 1.165) is 25.9 Å². The Balaban J connectivity index is 2.33. The van der Waals surface area contributed by atoms with E-state index in [-0.39, 0.29) is 16.7 Å². The van der Waals surface area contributed by atoms with E-state index >= 15 is 0 Å². The van der Waals surface area contributed by atoms with E-state index in [4.69, 9.17) is 10.5 Å². The Bertz CT molecular complexity index is 456. The molecule has 1 aromatic rings. The highest BCUT2D eigenvalue weighted by molar-refractivity contribution is 5.70. The summed E-state index contributed by atoms with van der Waals surface area (Å²) in [6.45, 7) is 3.72. The molecule has 2 rings (SSSR count). The highest BCUT2D eigenvalue weighted by Crippen LogP contribution is 2.38. The first-order valence-electron chi connectivity index (χ1n) is 6.54. The van der Waals surface area contributed by atoms with Crippen molar-refractivity contribution in [2.45, 2.75) is 25.8 Å². The molecule has 0 amide bonds. The molecule has 6 heteroatoms. The van der Waals surface area contributed by atoms with Gasteiger partial charge >= 0.3 is 5.69 Å². The average molecular weight is 265 g/mol. The number of benzene rings is 1. The minimum Gasteiger partial charge on any atom is -0.487 e. The van der Waals surface area contributed by atoms with Crippen LogP contribution in [-0.2, 0) is 0 Å². The van der Waals surface area contributed by atoms with Gasteiger partial charge in [-0.3, -0.25) is 10.1 Å². The molecule has 104 valence electrons. The summed E-state index contributed by atoms with van der Waals surface area (Å²) in [5.41, 5.74) is 6.55. The summed E-state index contributed by atoms with van der Waals surface area (Å²) >= 11 is 0. The van der Waals surface area contributed by atoms with Crippen LogP contribution in [0.1, 0.15) is 19.8 Å². The van der Waals surface area contributed by atoms with Crippen LogP contribution in [0.25, 0.3) is 0 Å². The third kappa shape index (κ3) is 2.96. The Morgan fingerprint density at radius 1 is 1.47 bits per heavy atom.